The van der Waals surface area contributed by atoms with Gasteiger partial charge in [-0.25, -0.2) is 0 Å². The second kappa shape index (κ2) is 6.24. The summed E-state index contributed by atoms with van der Waals surface area (Å²) >= 11 is 0. The topological polar surface area (TPSA) is 60.4 Å². The number of aryl methyl sites for hydroxylation is 2. The average Bonchev–Trinajstić information content (AvgIpc) is 2.61. The molecule has 1 aromatic carbocycles. The van der Waals surface area contributed by atoms with Crippen molar-refractivity contribution in [2.24, 2.45) is 0 Å². The highest BCUT2D eigenvalue weighted by molar-refractivity contribution is 5.65. The number of hydrogen-bond acceptors (Lipinski definition) is 4. The van der Waals surface area contributed by atoms with Crippen LogP contribution in [0.15, 0.2) is 30.5 Å². The van der Waals surface area contributed by atoms with Crippen LogP contribution in [0.1, 0.15) is 16.8 Å². The van der Waals surface area contributed by atoms with E-state index in [9.17, 15) is 0 Å². The average molecular weight is 285 g/mol. The van der Waals surface area contributed by atoms with Crippen LogP contribution in [0, 0.1) is 13.8 Å². The fourth-order valence-corrected chi connectivity index (χ4v) is 2.51. The van der Waals surface area contributed by atoms with Crippen LogP contribution in [0.4, 0.5) is 0 Å². The van der Waals surface area contributed by atoms with E-state index in [2.05, 4.69) is 48.1 Å². The molecular weight excluding hydrogens is 262 g/mol. The Morgan fingerprint density at radius 3 is 2.71 bits per heavy atom. The third-order valence-corrected chi connectivity index (χ3v) is 3.90. The molecule has 0 saturated carbocycles. The van der Waals surface area contributed by atoms with Gasteiger partial charge in [0, 0.05) is 36.1 Å². The number of benzene rings is 1. The summed E-state index contributed by atoms with van der Waals surface area (Å²) in [6.07, 6.45) is 1.95. The van der Waals surface area contributed by atoms with Crippen molar-refractivity contribution in [2.45, 2.75) is 20.4 Å². The molecule has 112 valence electrons. The van der Waals surface area contributed by atoms with Crippen LogP contribution in [-0.2, 0) is 6.54 Å². The summed E-state index contributed by atoms with van der Waals surface area (Å²) in [7, 11) is 2.13. The third-order valence-electron chi connectivity index (χ3n) is 3.90. The van der Waals surface area contributed by atoms with Crippen molar-refractivity contribution < 1.29 is 4.74 Å². The van der Waals surface area contributed by atoms with Crippen LogP contribution >= 0.6 is 0 Å². The van der Waals surface area contributed by atoms with E-state index < -0.39 is 0 Å². The molecule has 0 fully saturated rings. The molecule has 2 heterocycles. The lowest BCUT2D eigenvalue weighted by Crippen LogP contribution is -2.20. The molecule has 1 aliphatic heterocycles. The van der Waals surface area contributed by atoms with E-state index in [1.165, 1.54) is 22.3 Å². The Morgan fingerprint density at radius 1 is 1.14 bits per heavy atom. The van der Waals surface area contributed by atoms with Crippen LogP contribution in [-0.4, -0.2) is 30.1 Å². The third kappa shape index (κ3) is 3.23. The molecule has 1 aromatic heterocycles. The second-order valence-corrected chi connectivity index (χ2v) is 5.54. The molecule has 3 rings (SSSR count). The molecule has 4 heteroatoms. The Labute approximate surface area is 126 Å². The fraction of sp³-hybridized carbons (Fsp3) is 0.353. The van der Waals surface area contributed by atoms with Gasteiger partial charge in [-0.2, -0.15) is 0 Å². The van der Waals surface area contributed by atoms with Crippen molar-refractivity contribution in [1.29, 1.82) is 0 Å². The van der Waals surface area contributed by atoms with Crippen LogP contribution in [0.5, 0.6) is 5.75 Å². The van der Waals surface area contributed by atoms with Crippen molar-refractivity contribution in [1.82, 2.24) is 16.0 Å². The summed E-state index contributed by atoms with van der Waals surface area (Å²) in [6.45, 7) is 6.80. The van der Waals surface area contributed by atoms with E-state index in [0.29, 0.717) is 0 Å². The quantitative estimate of drug-likeness (QED) is 0.873. The Bertz CT molecular complexity index is 640. The standard InChI is InChI=1S/C17H20N2O.H3N/c1-12-8-15(10-18-13(12)2)14-4-5-17-16(9-14)11-19(3)6-7-20-17;/h4-5,8-10H,6-7,11H2,1-3H3;1H3. The second-order valence-electron chi connectivity index (χ2n) is 5.54. The zero-order valence-electron chi connectivity index (χ0n) is 13.0. The largest absolute Gasteiger partial charge is 0.492 e. The van der Waals surface area contributed by atoms with E-state index in [1.807, 2.05) is 13.1 Å². The smallest absolute Gasteiger partial charge is 0.123 e. The molecule has 1 aliphatic rings. The monoisotopic (exact) mass is 285 g/mol. The summed E-state index contributed by atoms with van der Waals surface area (Å²) < 4.78 is 5.80. The zero-order chi connectivity index (χ0) is 14.1. The minimum absolute atomic E-state index is 0. The number of nitrogens with zero attached hydrogens (tertiary/aromatic N) is 2. The highest BCUT2D eigenvalue weighted by Gasteiger charge is 2.13. The molecule has 3 N–H and O–H groups in total. The van der Waals surface area contributed by atoms with E-state index in [-0.39, 0.29) is 6.15 Å². The predicted octanol–water partition coefficient (Wildman–Crippen LogP) is 3.35. The molecule has 0 atom stereocenters. The lowest BCUT2D eigenvalue weighted by molar-refractivity contribution is 0.259. The Morgan fingerprint density at radius 2 is 1.95 bits per heavy atom. The normalized spacial score (nSPS) is 14.6. The molecule has 0 aliphatic carbocycles. The Hall–Kier alpha value is -1.91. The summed E-state index contributed by atoms with van der Waals surface area (Å²) in [4.78, 5) is 6.74. The fourth-order valence-electron chi connectivity index (χ4n) is 2.51. The lowest BCUT2D eigenvalue weighted by Gasteiger charge is -2.13. The van der Waals surface area contributed by atoms with Gasteiger partial charge in [-0.3, -0.25) is 9.88 Å². The van der Waals surface area contributed by atoms with Crippen LogP contribution in [0.25, 0.3) is 11.1 Å². The van der Waals surface area contributed by atoms with Crippen molar-refractivity contribution in [3.8, 4) is 16.9 Å². The van der Waals surface area contributed by atoms with E-state index >= 15 is 0 Å². The van der Waals surface area contributed by atoms with E-state index in [4.69, 9.17) is 4.74 Å². The van der Waals surface area contributed by atoms with Gasteiger partial charge >= 0.3 is 0 Å². The van der Waals surface area contributed by atoms with Gasteiger partial charge in [0.05, 0.1) is 0 Å². The summed E-state index contributed by atoms with van der Waals surface area (Å²) in [6, 6.07) is 8.63. The molecule has 0 bridgehead atoms. The summed E-state index contributed by atoms with van der Waals surface area (Å²) in [5.74, 6) is 1.01. The molecule has 0 radical (unpaired) electrons. The molecule has 0 amide bonds. The molecule has 0 spiro atoms. The molecule has 0 saturated heterocycles. The Kier molecular flexibility index (Phi) is 4.60. The molecule has 2 aromatic rings. The SMILES string of the molecule is Cc1cc(-c2ccc3c(c2)CN(C)CCO3)cnc1C.N. The number of fused-ring (bicyclic) bond motifs is 1. The van der Waals surface area contributed by atoms with Crippen molar-refractivity contribution in [2.75, 3.05) is 20.2 Å². The number of hydrogen-bond donors (Lipinski definition) is 1. The van der Waals surface area contributed by atoms with Crippen molar-refractivity contribution in [3.63, 3.8) is 0 Å². The first-order valence-electron chi connectivity index (χ1n) is 7.01. The highest BCUT2D eigenvalue weighted by atomic mass is 16.5. The van der Waals surface area contributed by atoms with Gasteiger partial charge < -0.3 is 10.9 Å². The van der Waals surface area contributed by atoms with Gasteiger partial charge in [0.1, 0.15) is 12.4 Å². The van der Waals surface area contributed by atoms with E-state index in [1.54, 1.807) is 0 Å². The van der Waals surface area contributed by atoms with Crippen LogP contribution in [0.2, 0.25) is 0 Å². The first-order chi connectivity index (χ1) is 9.63. The van der Waals surface area contributed by atoms with Gasteiger partial charge in [0.25, 0.3) is 0 Å². The first-order valence-corrected chi connectivity index (χ1v) is 7.01. The Balaban J connectivity index is 0.00000161. The van der Waals surface area contributed by atoms with Gasteiger partial charge in [0.2, 0.25) is 0 Å². The minimum Gasteiger partial charge on any atom is -0.492 e. The lowest BCUT2D eigenvalue weighted by atomic mass is 10.0. The number of pyridine rings is 1. The highest BCUT2D eigenvalue weighted by Crippen LogP contribution is 2.29. The van der Waals surface area contributed by atoms with E-state index in [0.717, 1.165) is 31.1 Å². The predicted molar refractivity (Wildman–Crippen MR) is 86.0 cm³/mol. The maximum atomic E-state index is 5.80. The minimum atomic E-state index is 0. The maximum absolute atomic E-state index is 5.80. The maximum Gasteiger partial charge on any atom is 0.123 e. The van der Waals surface area contributed by atoms with Gasteiger partial charge in [-0.05, 0) is 50.2 Å². The van der Waals surface area contributed by atoms with Crippen molar-refractivity contribution >= 4 is 0 Å². The molecular formula is C17H23N3O. The van der Waals surface area contributed by atoms with Gasteiger partial charge in [0.15, 0.2) is 0 Å². The van der Waals surface area contributed by atoms with Crippen LogP contribution in [0.3, 0.4) is 0 Å². The van der Waals surface area contributed by atoms with Crippen molar-refractivity contribution in [3.05, 3.63) is 47.3 Å². The summed E-state index contributed by atoms with van der Waals surface area (Å²) in [5.41, 5.74) is 5.94. The van der Waals surface area contributed by atoms with Gasteiger partial charge in [-0.15, -0.1) is 0 Å². The molecule has 21 heavy (non-hydrogen) atoms. The molecule has 4 nitrogen and oxygen atoms in total. The number of rotatable bonds is 1. The number of aromatic nitrogens is 1. The summed E-state index contributed by atoms with van der Waals surface area (Å²) in [5, 5.41) is 0. The first kappa shape index (κ1) is 15.5. The van der Waals surface area contributed by atoms with Crippen LogP contribution < -0.4 is 10.9 Å². The van der Waals surface area contributed by atoms with Gasteiger partial charge in [-0.1, -0.05) is 6.07 Å². The number of likely N-dealkylation sites (N-methyl/N-ethyl adjacent to an activating group) is 1. The molecule has 0 unspecified atom stereocenters. The zero-order valence-corrected chi connectivity index (χ0v) is 13.0. The number of ether oxygens (including phenoxy) is 1.